The second-order valence-electron chi connectivity index (χ2n) is 5.69. The molecule has 0 aliphatic carbocycles. The molecule has 3 heteroatoms. The number of carbonyl (C=O) groups is 1. The Kier molecular flexibility index (Phi) is 2.53. The Morgan fingerprint density at radius 3 is 2.73 bits per heavy atom. The maximum Gasteiger partial charge on any atom is 0.229 e. The zero-order chi connectivity index (χ0) is 11.2. The highest BCUT2D eigenvalue weighted by atomic mass is 16.2. The molecule has 15 heavy (non-hydrogen) atoms. The van der Waals surface area contributed by atoms with Crippen LogP contribution < -0.4 is 5.32 Å². The fourth-order valence-corrected chi connectivity index (χ4v) is 3.17. The zero-order valence-corrected chi connectivity index (χ0v) is 10.2. The number of nitrogens with one attached hydrogen (secondary N) is 1. The summed E-state index contributed by atoms with van der Waals surface area (Å²) < 4.78 is 0. The van der Waals surface area contributed by atoms with Gasteiger partial charge in [-0.2, -0.15) is 0 Å². The fourth-order valence-electron chi connectivity index (χ4n) is 3.17. The van der Waals surface area contributed by atoms with Crippen LogP contribution in [0.4, 0.5) is 0 Å². The topological polar surface area (TPSA) is 32.3 Å². The summed E-state index contributed by atoms with van der Waals surface area (Å²) in [6.07, 6.45) is 1.11. The number of amides is 1. The van der Waals surface area contributed by atoms with Crippen LogP contribution in [0.25, 0.3) is 0 Å². The summed E-state index contributed by atoms with van der Waals surface area (Å²) in [5.41, 5.74) is -0.178. The molecule has 0 aromatic rings. The van der Waals surface area contributed by atoms with Crippen LogP contribution in [0, 0.1) is 11.3 Å². The predicted molar refractivity (Wildman–Crippen MR) is 60.5 cm³/mol. The van der Waals surface area contributed by atoms with Crippen molar-refractivity contribution in [2.45, 2.75) is 46.2 Å². The first-order valence-electron chi connectivity index (χ1n) is 5.99. The van der Waals surface area contributed by atoms with Gasteiger partial charge < -0.3 is 10.2 Å². The van der Waals surface area contributed by atoms with E-state index in [9.17, 15) is 4.79 Å². The number of likely N-dealkylation sites (tertiary alicyclic amines) is 1. The normalized spacial score (nSPS) is 34.7. The quantitative estimate of drug-likeness (QED) is 0.706. The summed E-state index contributed by atoms with van der Waals surface area (Å²) in [5.74, 6) is 0.831. The van der Waals surface area contributed by atoms with Gasteiger partial charge >= 0.3 is 0 Å². The minimum Gasteiger partial charge on any atom is -0.336 e. The average molecular weight is 210 g/mol. The van der Waals surface area contributed by atoms with Gasteiger partial charge in [0.15, 0.2) is 0 Å². The van der Waals surface area contributed by atoms with Crippen LogP contribution in [-0.2, 0) is 4.79 Å². The van der Waals surface area contributed by atoms with E-state index >= 15 is 0 Å². The Morgan fingerprint density at radius 1 is 1.47 bits per heavy atom. The highest BCUT2D eigenvalue weighted by Gasteiger charge is 2.54. The summed E-state index contributed by atoms with van der Waals surface area (Å²) in [5, 5.41) is 3.41. The van der Waals surface area contributed by atoms with E-state index in [0.717, 1.165) is 19.5 Å². The second kappa shape index (κ2) is 3.48. The van der Waals surface area contributed by atoms with Crippen molar-refractivity contribution >= 4 is 5.91 Å². The number of hydrogen-bond acceptors (Lipinski definition) is 2. The Morgan fingerprint density at radius 2 is 2.13 bits per heavy atom. The molecular formula is C12H22N2O. The lowest BCUT2D eigenvalue weighted by Gasteiger charge is -2.35. The van der Waals surface area contributed by atoms with Crippen LogP contribution in [-0.4, -0.2) is 36.0 Å². The first-order chi connectivity index (χ1) is 6.96. The molecular weight excluding hydrogens is 188 g/mol. The molecule has 0 aromatic heterocycles. The molecule has 0 bridgehead atoms. The van der Waals surface area contributed by atoms with Gasteiger partial charge in [-0.15, -0.1) is 0 Å². The van der Waals surface area contributed by atoms with Crippen molar-refractivity contribution in [1.82, 2.24) is 10.2 Å². The fraction of sp³-hybridized carbons (Fsp3) is 0.917. The summed E-state index contributed by atoms with van der Waals surface area (Å²) in [4.78, 5) is 14.4. The molecule has 0 aromatic carbocycles. The van der Waals surface area contributed by atoms with Crippen LogP contribution in [0.5, 0.6) is 0 Å². The van der Waals surface area contributed by atoms with E-state index < -0.39 is 0 Å². The summed E-state index contributed by atoms with van der Waals surface area (Å²) >= 11 is 0. The number of nitrogens with zero attached hydrogens (tertiary/aromatic N) is 1. The van der Waals surface area contributed by atoms with E-state index in [2.05, 4.69) is 37.9 Å². The molecule has 2 atom stereocenters. The first-order valence-corrected chi connectivity index (χ1v) is 5.99. The van der Waals surface area contributed by atoms with Crippen molar-refractivity contribution < 1.29 is 4.79 Å². The van der Waals surface area contributed by atoms with Crippen LogP contribution in [0.3, 0.4) is 0 Å². The van der Waals surface area contributed by atoms with E-state index in [1.54, 1.807) is 0 Å². The molecule has 2 aliphatic heterocycles. The maximum absolute atomic E-state index is 12.3. The van der Waals surface area contributed by atoms with Gasteiger partial charge in [-0.3, -0.25) is 4.79 Å². The van der Waals surface area contributed by atoms with Crippen LogP contribution in [0.2, 0.25) is 0 Å². The molecule has 2 rings (SSSR count). The van der Waals surface area contributed by atoms with Gasteiger partial charge in [0.05, 0.1) is 0 Å². The summed E-state index contributed by atoms with van der Waals surface area (Å²) in [6.45, 7) is 10.5. The minimum atomic E-state index is -0.178. The molecule has 0 saturated carbocycles. The smallest absolute Gasteiger partial charge is 0.229 e. The van der Waals surface area contributed by atoms with Crippen molar-refractivity contribution in [3.8, 4) is 0 Å². The van der Waals surface area contributed by atoms with Crippen molar-refractivity contribution in [2.75, 3.05) is 13.1 Å². The third-order valence-corrected chi connectivity index (χ3v) is 4.07. The van der Waals surface area contributed by atoms with Crippen molar-refractivity contribution in [2.24, 2.45) is 11.3 Å². The van der Waals surface area contributed by atoms with Gasteiger partial charge in [0.1, 0.15) is 0 Å². The summed E-state index contributed by atoms with van der Waals surface area (Å²) in [6, 6.07) is 0.804. The first kappa shape index (κ1) is 10.9. The Labute approximate surface area is 92.2 Å². The number of carbonyl (C=O) groups excluding carboxylic acids is 1. The van der Waals surface area contributed by atoms with Gasteiger partial charge in [-0.1, -0.05) is 13.8 Å². The molecule has 1 N–H and O–H groups in total. The summed E-state index contributed by atoms with van der Waals surface area (Å²) in [7, 11) is 0. The van der Waals surface area contributed by atoms with Crippen molar-refractivity contribution in [1.29, 1.82) is 0 Å². The third-order valence-electron chi connectivity index (χ3n) is 4.07. The average Bonchev–Trinajstić information content (AvgIpc) is 2.36. The molecule has 1 amide bonds. The number of rotatable bonds is 1. The molecule has 2 unspecified atom stereocenters. The van der Waals surface area contributed by atoms with Gasteiger partial charge in [0, 0.05) is 30.0 Å². The molecule has 3 nitrogen and oxygen atoms in total. The molecule has 2 saturated heterocycles. The van der Waals surface area contributed by atoms with Crippen LogP contribution in [0.15, 0.2) is 0 Å². The van der Waals surface area contributed by atoms with Crippen LogP contribution in [0.1, 0.15) is 34.1 Å². The van der Waals surface area contributed by atoms with Crippen molar-refractivity contribution in [3.05, 3.63) is 0 Å². The molecule has 0 spiro atoms. The molecule has 2 fully saturated rings. The van der Waals surface area contributed by atoms with E-state index in [0.29, 0.717) is 23.9 Å². The second-order valence-corrected chi connectivity index (χ2v) is 5.69. The third kappa shape index (κ3) is 1.48. The number of fused-ring (bicyclic) bond motifs is 1. The standard InChI is InChI=1S/C12H22N2O/c1-8(2)14-10-5-6-13-7-9(10)12(3,4)11(14)15/h8-10,13H,5-7H2,1-4H3. The van der Waals surface area contributed by atoms with Gasteiger partial charge in [0.2, 0.25) is 5.91 Å². The molecule has 2 aliphatic rings. The van der Waals surface area contributed by atoms with E-state index in [1.165, 1.54) is 0 Å². The lowest BCUT2D eigenvalue weighted by Crippen LogP contribution is -2.47. The monoisotopic (exact) mass is 210 g/mol. The largest absolute Gasteiger partial charge is 0.336 e. The molecule has 86 valence electrons. The minimum absolute atomic E-state index is 0.178. The Hall–Kier alpha value is -0.570. The van der Waals surface area contributed by atoms with Gasteiger partial charge in [-0.25, -0.2) is 0 Å². The van der Waals surface area contributed by atoms with E-state index in [-0.39, 0.29) is 5.41 Å². The van der Waals surface area contributed by atoms with Gasteiger partial charge in [-0.05, 0) is 26.8 Å². The highest BCUT2D eigenvalue weighted by Crippen LogP contribution is 2.44. The Balaban J connectivity index is 2.31. The number of piperidine rings is 1. The van der Waals surface area contributed by atoms with Gasteiger partial charge in [0.25, 0.3) is 0 Å². The highest BCUT2D eigenvalue weighted by molar-refractivity contribution is 5.85. The predicted octanol–water partition coefficient (Wildman–Crippen LogP) is 1.24. The maximum atomic E-state index is 12.3. The van der Waals surface area contributed by atoms with E-state index in [4.69, 9.17) is 0 Å². The number of hydrogen-bond donors (Lipinski definition) is 1. The molecule has 0 radical (unpaired) electrons. The zero-order valence-electron chi connectivity index (χ0n) is 10.2. The lowest BCUT2D eigenvalue weighted by atomic mass is 9.76. The van der Waals surface area contributed by atoms with E-state index in [1.807, 2.05) is 0 Å². The van der Waals surface area contributed by atoms with Crippen molar-refractivity contribution in [3.63, 3.8) is 0 Å². The van der Waals surface area contributed by atoms with Crippen LogP contribution >= 0.6 is 0 Å². The lowest BCUT2D eigenvalue weighted by molar-refractivity contribution is -0.137. The molecule has 2 heterocycles. The SMILES string of the molecule is CC(C)N1C(=O)C(C)(C)C2CNCCC21. The Bertz CT molecular complexity index is 273.